The van der Waals surface area contributed by atoms with Crippen LogP contribution in [0, 0.1) is 0 Å². The number of likely N-dealkylation sites (N-methyl/N-ethyl adjacent to an activating group) is 1. The molecule has 0 amide bonds. The van der Waals surface area contributed by atoms with Gasteiger partial charge in [-0.05, 0) is 6.08 Å². The van der Waals surface area contributed by atoms with E-state index in [0.717, 1.165) is 6.54 Å². The molecule has 0 aromatic rings. The zero-order valence-corrected chi connectivity index (χ0v) is 6.75. The Morgan fingerprint density at radius 3 is 2.40 bits per heavy atom. The molecule has 0 radical (unpaired) electrons. The number of rotatable bonds is 4. The van der Waals surface area contributed by atoms with Crippen LogP contribution in [0.2, 0.25) is 0 Å². The fourth-order valence-corrected chi connectivity index (χ4v) is 0.450. The van der Waals surface area contributed by atoms with Crippen molar-refractivity contribution < 1.29 is 27.9 Å². The molecule has 4 heteroatoms. The summed E-state index contributed by atoms with van der Waals surface area (Å²) >= 11 is 0. The highest BCUT2D eigenvalue weighted by Gasteiger charge is 1.88. The Morgan fingerprint density at radius 2 is 2.00 bits per heavy atom. The van der Waals surface area contributed by atoms with Gasteiger partial charge in [0.25, 0.3) is 0 Å². The van der Waals surface area contributed by atoms with E-state index in [1.54, 1.807) is 6.08 Å². The number of quaternary nitrogens is 1. The van der Waals surface area contributed by atoms with Gasteiger partial charge in [-0.25, -0.2) is 0 Å². The van der Waals surface area contributed by atoms with Gasteiger partial charge in [-0.3, -0.25) is 0 Å². The lowest BCUT2D eigenvalue weighted by molar-refractivity contribution is -0.617. The molecule has 0 bridgehead atoms. The Hall–Kier alpha value is -0.0900. The Bertz CT molecular complexity index is 85.8. The highest BCUT2D eigenvalue weighted by atomic mass is 35.5. The van der Waals surface area contributed by atoms with Crippen molar-refractivity contribution in [2.45, 2.75) is 12.7 Å². The predicted molar refractivity (Wildman–Crippen MR) is 34.7 cm³/mol. The first-order valence-electron chi connectivity index (χ1n) is 3.06. The van der Waals surface area contributed by atoms with Crippen LogP contribution in [-0.4, -0.2) is 30.1 Å². The topological polar surface area (TPSA) is 57.1 Å². The molecule has 0 aliphatic rings. The average Bonchev–Trinajstić information content (AvgIpc) is 1.80. The van der Waals surface area contributed by atoms with Gasteiger partial charge in [0.15, 0.2) is 6.29 Å². The maximum absolute atomic E-state index is 8.35. The second kappa shape index (κ2) is 8.91. The summed E-state index contributed by atoms with van der Waals surface area (Å²) < 4.78 is 0. The van der Waals surface area contributed by atoms with Crippen LogP contribution < -0.4 is 17.7 Å². The van der Waals surface area contributed by atoms with Crippen molar-refractivity contribution in [1.29, 1.82) is 0 Å². The fourth-order valence-electron chi connectivity index (χ4n) is 0.450. The molecule has 0 heterocycles. The second-order valence-corrected chi connectivity index (χ2v) is 1.83. The van der Waals surface area contributed by atoms with Gasteiger partial charge in [0.1, 0.15) is 0 Å². The molecule has 0 aliphatic carbocycles. The van der Waals surface area contributed by atoms with Crippen molar-refractivity contribution in [3.63, 3.8) is 0 Å². The fraction of sp³-hybridized carbons (Fsp3) is 0.667. The van der Waals surface area contributed by atoms with Crippen LogP contribution in [-0.2, 0) is 0 Å². The highest BCUT2D eigenvalue weighted by molar-refractivity contribution is 4.80. The molecule has 0 spiro atoms. The van der Waals surface area contributed by atoms with Gasteiger partial charge in [0, 0.05) is 6.42 Å². The molecule has 62 valence electrons. The number of hydrogen-bond donors (Lipinski definition) is 3. The summed E-state index contributed by atoms with van der Waals surface area (Å²) in [5, 5.41) is 18.7. The number of aliphatic hydroxyl groups excluding tert-OH is 1. The van der Waals surface area contributed by atoms with E-state index >= 15 is 0 Å². The normalized spacial score (nSPS) is 10.4. The maximum Gasteiger partial charge on any atom is 0.154 e. The van der Waals surface area contributed by atoms with E-state index in [-0.39, 0.29) is 12.4 Å². The molecule has 0 aromatic heterocycles. The van der Waals surface area contributed by atoms with E-state index in [0.29, 0.717) is 6.42 Å². The summed E-state index contributed by atoms with van der Waals surface area (Å²) in [4.78, 5) is 0. The predicted octanol–water partition coefficient (Wildman–Crippen LogP) is -4.56. The van der Waals surface area contributed by atoms with Gasteiger partial charge in [0.2, 0.25) is 0 Å². The Labute approximate surface area is 67.2 Å². The van der Waals surface area contributed by atoms with Crippen LogP contribution in [0.15, 0.2) is 12.2 Å². The zero-order valence-electron chi connectivity index (χ0n) is 6.00. The number of halogens is 1. The molecular weight excluding hydrogens is 154 g/mol. The van der Waals surface area contributed by atoms with Gasteiger partial charge in [-0.1, -0.05) is 6.08 Å². The summed E-state index contributed by atoms with van der Waals surface area (Å²) in [6, 6.07) is 0. The highest BCUT2D eigenvalue weighted by Crippen LogP contribution is 1.85. The molecule has 0 aromatic carbocycles. The maximum atomic E-state index is 8.35. The Morgan fingerprint density at radius 1 is 1.40 bits per heavy atom. The summed E-state index contributed by atoms with van der Waals surface area (Å²) in [5.41, 5.74) is 0. The summed E-state index contributed by atoms with van der Waals surface area (Å²) in [5.74, 6) is 0. The summed E-state index contributed by atoms with van der Waals surface area (Å²) in [7, 11) is 1.96. The van der Waals surface area contributed by atoms with Crippen LogP contribution in [0.5, 0.6) is 0 Å². The zero-order chi connectivity index (χ0) is 7.11. The van der Waals surface area contributed by atoms with Gasteiger partial charge in [-0.2, -0.15) is 0 Å². The lowest BCUT2D eigenvalue weighted by atomic mass is 10.3. The van der Waals surface area contributed by atoms with Crippen molar-refractivity contribution in [2.75, 3.05) is 13.6 Å². The summed E-state index contributed by atoms with van der Waals surface area (Å²) in [6.07, 6.45) is 2.79. The van der Waals surface area contributed by atoms with Crippen LogP contribution in [0.25, 0.3) is 0 Å². The number of nitrogens with two attached hydrogens (primary N) is 1. The van der Waals surface area contributed by atoms with E-state index in [4.69, 9.17) is 10.2 Å². The van der Waals surface area contributed by atoms with E-state index in [1.807, 2.05) is 18.4 Å². The monoisotopic (exact) mass is 167 g/mol. The molecular formula is C6H14ClNO2. The smallest absolute Gasteiger partial charge is 0.154 e. The third kappa shape index (κ3) is 10.8. The van der Waals surface area contributed by atoms with Crippen molar-refractivity contribution in [3.05, 3.63) is 12.2 Å². The molecule has 0 saturated heterocycles. The molecule has 0 rings (SSSR count). The van der Waals surface area contributed by atoms with E-state index in [1.165, 1.54) is 0 Å². The van der Waals surface area contributed by atoms with Crippen LogP contribution in [0.4, 0.5) is 0 Å². The molecule has 10 heavy (non-hydrogen) atoms. The molecule has 0 unspecified atom stereocenters. The van der Waals surface area contributed by atoms with E-state index in [9.17, 15) is 0 Å². The van der Waals surface area contributed by atoms with Gasteiger partial charge in [0.05, 0.1) is 13.6 Å². The van der Waals surface area contributed by atoms with Crippen LogP contribution >= 0.6 is 0 Å². The van der Waals surface area contributed by atoms with Crippen LogP contribution in [0.1, 0.15) is 6.42 Å². The first-order valence-corrected chi connectivity index (χ1v) is 3.06. The Kier molecular flexibility index (Phi) is 11.2. The quantitative estimate of drug-likeness (QED) is 0.292. The summed E-state index contributed by atoms with van der Waals surface area (Å²) in [6.45, 7) is 0.896. The van der Waals surface area contributed by atoms with Crippen molar-refractivity contribution >= 4 is 0 Å². The van der Waals surface area contributed by atoms with E-state index in [2.05, 4.69) is 0 Å². The van der Waals surface area contributed by atoms with Crippen molar-refractivity contribution in [3.8, 4) is 0 Å². The third-order valence-corrected chi connectivity index (χ3v) is 0.885. The molecule has 4 N–H and O–H groups in total. The molecule has 0 aliphatic heterocycles. The van der Waals surface area contributed by atoms with Crippen molar-refractivity contribution in [2.24, 2.45) is 0 Å². The van der Waals surface area contributed by atoms with Gasteiger partial charge < -0.3 is 27.9 Å². The molecule has 0 saturated carbocycles. The van der Waals surface area contributed by atoms with Gasteiger partial charge in [-0.15, -0.1) is 0 Å². The van der Waals surface area contributed by atoms with Gasteiger partial charge >= 0.3 is 0 Å². The minimum absolute atomic E-state index is 0. The average molecular weight is 168 g/mol. The number of hydrogen-bond acceptors (Lipinski definition) is 2. The standard InChI is InChI=1S/C6H13NO2.ClH/c1-7-5-3-2-4-6(8)9;/h2-3,6-9H,4-5H2,1H3;1H. The first kappa shape index (κ1) is 12.6. The largest absolute Gasteiger partial charge is 1.00 e. The second-order valence-electron chi connectivity index (χ2n) is 1.83. The minimum Gasteiger partial charge on any atom is -1.00 e. The molecule has 0 atom stereocenters. The Balaban J connectivity index is 0. The van der Waals surface area contributed by atoms with Crippen molar-refractivity contribution in [1.82, 2.24) is 0 Å². The third-order valence-electron chi connectivity index (χ3n) is 0.885. The first-order chi connectivity index (χ1) is 4.27. The molecule has 3 nitrogen and oxygen atoms in total. The minimum atomic E-state index is -1.20. The van der Waals surface area contributed by atoms with Crippen LogP contribution in [0.3, 0.4) is 0 Å². The van der Waals surface area contributed by atoms with E-state index < -0.39 is 6.29 Å². The lowest BCUT2D eigenvalue weighted by Gasteiger charge is -1.94. The SMILES string of the molecule is C[NH2+]CC=CCC(O)O.[Cl-]. The lowest BCUT2D eigenvalue weighted by Crippen LogP contribution is -3.00. The molecule has 0 fully saturated rings. The number of aliphatic hydroxyl groups is 2.